The number of hydrogen-bond donors (Lipinski definition) is 1. The zero-order chi connectivity index (χ0) is 20.1. The summed E-state index contributed by atoms with van der Waals surface area (Å²) >= 11 is 0. The smallest absolute Gasteiger partial charge is 0.220 e. The van der Waals surface area contributed by atoms with Crippen molar-refractivity contribution in [1.29, 1.82) is 0 Å². The molecule has 2 aromatic heterocycles. The molecule has 2 aromatic carbocycles. The molecule has 0 spiro atoms. The second kappa shape index (κ2) is 8.69. The number of imidazole rings is 1. The fourth-order valence-electron chi connectivity index (χ4n) is 3.49. The summed E-state index contributed by atoms with van der Waals surface area (Å²) in [6.07, 6.45) is 2.73. The molecule has 146 valence electrons. The fourth-order valence-corrected chi connectivity index (χ4v) is 3.49. The molecular weight excluding hydrogens is 360 g/mol. The van der Waals surface area contributed by atoms with Crippen LogP contribution in [0, 0.1) is 0 Å². The van der Waals surface area contributed by atoms with Crippen molar-refractivity contribution in [3.63, 3.8) is 0 Å². The van der Waals surface area contributed by atoms with Crippen molar-refractivity contribution in [2.75, 3.05) is 0 Å². The van der Waals surface area contributed by atoms with Gasteiger partial charge in [-0.1, -0.05) is 60.7 Å². The molecule has 0 saturated heterocycles. The molecular formula is C24H24N4O. The Balaban J connectivity index is 1.49. The van der Waals surface area contributed by atoms with Crippen LogP contribution in [0.4, 0.5) is 0 Å². The topological polar surface area (TPSA) is 59.8 Å². The van der Waals surface area contributed by atoms with Crippen LogP contribution in [0.2, 0.25) is 0 Å². The Kier molecular flexibility index (Phi) is 5.66. The van der Waals surface area contributed by atoms with Gasteiger partial charge in [-0.25, -0.2) is 9.97 Å². The van der Waals surface area contributed by atoms with Gasteiger partial charge in [0.15, 0.2) is 5.65 Å². The normalized spacial score (nSPS) is 12.0. The summed E-state index contributed by atoms with van der Waals surface area (Å²) in [5.74, 6) is 0.901. The van der Waals surface area contributed by atoms with Crippen LogP contribution in [0.3, 0.4) is 0 Å². The van der Waals surface area contributed by atoms with Gasteiger partial charge in [-0.2, -0.15) is 0 Å². The lowest BCUT2D eigenvalue weighted by molar-refractivity contribution is -0.121. The van der Waals surface area contributed by atoms with E-state index in [1.54, 1.807) is 6.20 Å². The number of rotatable bonds is 7. The highest BCUT2D eigenvalue weighted by molar-refractivity contribution is 5.77. The first-order chi connectivity index (χ1) is 14.2. The number of pyridine rings is 1. The Labute approximate surface area is 170 Å². The summed E-state index contributed by atoms with van der Waals surface area (Å²) in [6, 6.07) is 24.1. The number of amides is 1. The molecule has 0 saturated carbocycles. The third kappa shape index (κ3) is 4.51. The van der Waals surface area contributed by atoms with E-state index in [9.17, 15) is 4.79 Å². The highest BCUT2D eigenvalue weighted by Gasteiger charge is 2.15. The summed E-state index contributed by atoms with van der Waals surface area (Å²) in [6.45, 7) is 2.69. The van der Waals surface area contributed by atoms with Crippen LogP contribution in [0.1, 0.15) is 36.3 Å². The van der Waals surface area contributed by atoms with Gasteiger partial charge < -0.3 is 9.88 Å². The van der Waals surface area contributed by atoms with E-state index < -0.39 is 0 Å². The molecule has 0 fully saturated rings. The van der Waals surface area contributed by atoms with Crippen LogP contribution in [-0.4, -0.2) is 20.4 Å². The predicted molar refractivity (Wildman–Crippen MR) is 114 cm³/mol. The molecule has 4 rings (SSSR count). The summed E-state index contributed by atoms with van der Waals surface area (Å²) in [7, 11) is 0. The van der Waals surface area contributed by atoms with Gasteiger partial charge in [-0.3, -0.25) is 4.79 Å². The Bertz CT molecular complexity index is 1090. The van der Waals surface area contributed by atoms with E-state index in [-0.39, 0.29) is 11.9 Å². The van der Waals surface area contributed by atoms with Crippen LogP contribution >= 0.6 is 0 Å². The van der Waals surface area contributed by atoms with Crippen LogP contribution in [-0.2, 0) is 17.8 Å². The number of fused-ring (bicyclic) bond motifs is 1. The minimum Gasteiger partial charge on any atom is -0.350 e. The monoisotopic (exact) mass is 384 g/mol. The first-order valence-corrected chi connectivity index (χ1v) is 9.89. The number of benzene rings is 2. The number of aryl methyl sites for hydroxylation is 1. The minimum atomic E-state index is -0.0199. The zero-order valence-electron chi connectivity index (χ0n) is 16.5. The molecule has 5 heteroatoms. The predicted octanol–water partition coefficient (Wildman–Crippen LogP) is 4.29. The van der Waals surface area contributed by atoms with Gasteiger partial charge in [0.1, 0.15) is 11.3 Å². The summed E-state index contributed by atoms with van der Waals surface area (Å²) < 4.78 is 2.11. The summed E-state index contributed by atoms with van der Waals surface area (Å²) in [5.41, 5.74) is 3.99. The van der Waals surface area contributed by atoms with Crippen LogP contribution in [0.5, 0.6) is 0 Å². The quantitative estimate of drug-likeness (QED) is 0.517. The number of carbonyl (C=O) groups is 1. The van der Waals surface area contributed by atoms with Crippen molar-refractivity contribution >= 4 is 17.1 Å². The van der Waals surface area contributed by atoms with Gasteiger partial charge in [-0.15, -0.1) is 0 Å². The fraction of sp³-hybridized carbons (Fsp3) is 0.208. The first-order valence-electron chi connectivity index (χ1n) is 9.89. The van der Waals surface area contributed by atoms with E-state index in [2.05, 4.69) is 27.0 Å². The van der Waals surface area contributed by atoms with Crippen LogP contribution in [0.15, 0.2) is 79.0 Å². The minimum absolute atomic E-state index is 0.0199. The van der Waals surface area contributed by atoms with Gasteiger partial charge in [0.25, 0.3) is 0 Å². The van der Waals surface area contributed by atoms with Crippen molar-refractivity contribution < 1.29 is 4.79 Å². The average molecular weight is 384 g/mol. The second-order valence-electron chi connectivity index (χ2n) is 7.15. The van der Waals surface area contributed by atoms with Gasteiger partial charge in [-0.05, 0) is 30.2 Å². The molecule has 0 radical (unpaired) electrons. The lowest BCUT2D eigenvalue weighted by Gasteiger charge is -2.14. The molecule has 29 heavy (non-hydrogen) atoms. The number of aromatic nitrogens is 3. The molecule has 0 aliphatic heterocycles. The van der Waals surface area contributed by atoms with Crippen molar-refractivity contribution in [1.82, 2.24) is 19.9 Å². The molecule has 0 unspecified atom stereocenters. The molecule has 0 aliphatic carbocycles. The molecule has 1 atom stereocenters. The third-order valence-electron chi connectivity index (χ3n) is 5.02. The first kappa shape index (κ1) is 18.9. The molecule has 0 bridgehead atoms. The molecule has 1 amide bonds. The van der Waals surface area contributed by atoms with Gasteiger partial charge in [0, 0.05) is 19.0 Å². The van der Waals surface area contributed by atoms with E-state index in [1.807, 2.05) is 67.6 Å². The van der Waals surface area contributed by atoms with E-state index in [4.69, 9.17) is 4.98 Å². The van der Waals surface area contributed by atoms with E-state index in [0.29, 0.717) is 19.4 Å². The average Bonchev–Trinajstić information content (AvgIpc) is 3.11. The SMILES string of the molecule is C[C@@H](NC(=O)CCc1nc2cccnc2n1Cc1ccccc1)c1ccccc1. The highest BCUT2D eigenvalue weighted by Crippen LogP contribution is 2.18. The Morgan fingerprint density at radius 2 is 1.72 bits per heavy atom. The summed E-state index contributed by atoms with van der Waals surface area (Å²) in [4.78, 5) is 21.8. The standard InChI is InChI=1S/C24H24N4O/c1-18(20-11-6-3-7-12-20)26-23(29)15-14-22-27-21-13-8-16-25-24(21)28(22)17-19-9-4-2-5-10-19/h2-13,16,18H,14-15,17H2,1H3,(H,26,29)/t18-/m1/s1. The van der Waals surface area contributed by atoms with Gasteiger partial charge >= 0.3 is 0 Å². The molecule has 1 N–H and O–H groups in total. The third-order valence-corrected chi connectivity index (χ3v) is 5.02. The zero-order valence-corrected chi connectivity index (χ0v) is 16.5. The van der Waals surface area contributed by atoms with E-state index in [1.165, 1.54) is 5.56 Å². The van der Waals surface area contributed by atoms with Crippen LogP contribution < -0.4 is 5.32 Å². The lowest BCUT2D eigenvalue weighted by atomic mass is 10.1. The highest BCUT2D eigenvalue weighted by atomic mass is 16.1. The Hall–Kier alpha value is -3.47. The van der Waals surface area contributed by atoms with Crippen molar-refractivity contribution in [3.05, 3.63) is 95.9 Å². The molecule has 0 aliphatic rings. The second-order valence-corrected chi connectivity index (χ2v) is 7.15. The maximum atomic E-state index is 12.5. The van der Waals surface area contributed by atoms with Gasteiger partial charge in [0.05, 0.1) is 12.6 Å². The van der Waals surface area contributed by atoms with E-state index >= 15 is 0 Å². The number of hydrogen-bond acceptors (Lipinski definition) is 3. The number of carbonyl (C=O) groups excluding carboxylic acids is 1. The Morgan fingerprint density at radius 3 is 2.48 bits per heavy atom. The van der Waals surface area contributed by atoms with Crippen LogP contribution in [0.25, 0.3) is 11.2 Å². The Morgan fingerprint density at radius 1 is 1.00 bits per heavy atom. The van der Waals surface area contributed by atoms with Crippen molar-refractivity contribution in [3.8, 4) is 0 Å². The van der Waals surface area contributed by atoms with Gasteiger partial charge in [0.2, 0.25) is 5.91 Å². The number of nitrogens with zero attached hydrogens (tertiary/aromatic N) is 3. The summed E-state index contributed by atoms with van der Waals surface area (Å²) in [5, 5.41) is 3.08. The lowest BCUT2D eigenvalue weighted by Crippen LogP contribution is -2.27. The molecule has 5 nitrogen and oxygen atoms in total. The molecule has 2 heterocycles. The molecule has 4 aromatic rings. The van der Waals surface area contributed by atoms with Crippen molar-refractivity contribution in [2.45, 2.75) is 32.4 Å². The van der Waals surface area contributed by atoms with E-state index in [0.717, 1.165) is 22.6 Å². The number of nitrogens with one attached hydrogen (secondary N) is 1. The largest absolute Gasteiger partial charge is 0.350 e. The van der Waals surface area contributed by atoms with Crippen molar-refractivity contribution in [2.24, 2.45) is 0 Å². The maximum absolute atomic E-state index is 12.5. The maximum Gasteiger partial charge on any atom is 0.220 e.